The molecule has 2 heterocycles. The number of anilines is 1. The Labute approximate surface area is 167 Å². The molecule has 0 aliphatic rings. The number of halogens is 4. The lowest BCUT2D eigenvalue weighted by atomic mass is 9.93. The first-order chi connectivity index (χ1) is 14.1. The summed E-state index contributed by atoms with van der Waals surface area (Å²) >= 11 is 0. The van der Waals surface area contributed by atoms with E-state index in [-0.39, 0.29) is 16.8 Å². The SMILES string of the molecule is CC(=O)Nc1c(C)c2c(F)c(F)c([C@@H](C)c3ncc(C#N)cc3F)cc2n(F)c1=O. The maximum absolute atomic E-state index is 14.9. The van der Waals surface area contributed by atoms with E-state index in [0.29, 0.717) is 0 Å². The first-order valence-electron chi connectivity index (χ1n) is 8.64. The van der Waals surface area contributed by atoms with Crippen LogP contribution in [0.3, 0.4) is 0 Å². The molecule has 0 unspecified atom stereocenters. The van der Waals surface area contributed by atoms with Crippen LogP contribution >= 0.6 is 0 Å². The number of aryl methyl sites for hydroxylation is 1. The highest BCUT2D eigenvalue weighted by molar-refractivity contribution is 5.95. The standard InChI is InChI=1S/C20H14F4N4O2/c1-8(18-13(21)4-11(6-25)7-26-18)12-5-14-15(17(23)16(12)22)9(2)19(27-10(3)29)20(30)28(14)24/h4-5,7-8H,1-3H3,(H,27,29)/t8-/m1/s1. The Kier molecular flexibility index (Phi) is 5.31. The number of nitrogens with zero attached hydrogens (tertiary/aromatic N) is 3. The van der Waals surface area contributed by atoms with Crippen LogP contribution in [0.1, 0.15) is 42.1 Å². The minimum atomic E-state index is -1.46. The van der Waals surface area contributed by atoms with Crippen LogP contribution < -0.4 is 10.9 Å². The summed E-state index contributed by atoms with van der Waals surface area (Å²) in [6.07, 6.45) is 1.07. The van der Waals surface area contributed by atoms with E-state index in [9.17, 15) is 27.2 Å². The number of carbonyl (C=O) groups is 1. The molecule has 30 heavy (non-hydrogen) atoms. The summed E-state index contributed by atoms with van der Waals surface area (Å²) in [4.78, 5) is 26.9. The van der Waals surface area contributed by atoms with Crippen LogP contribution in [0.25, 0.3) is 10.9 Å². The number of hydrogen-bond donors (Lipinski definition) is 1. The van der Waals surface area contributed by atoms with E-state index in [1.54, 1.807) is 6.07 Å². The number of benzene rings is 1. The highest BCUT2D eigenvalue weighted by Crippen LogP contribution is 2.34. The first-order valence-corrected chi connectivity index (χ1v) is 8.64. The lowest BCUT2D eigenvalue weighted by Gasteiger charge is -2.17. The zero-order chi connectivity index (χ0) is 22.3. The highest BCUT2D eigenvalue weighted by Gasteiger charge is 2.26. The van der Waals surface area contributed by atoms with Crippen molar-refractivity contribution in [3.05, 3.63) is 68.5 Å². The predicted octanol–water partition coefficient (Wildman–Crippen LogP) is 3.84. The average Bonchev–Trinajstić information content (AvgIpc) is 2.70. The third kappa shape index (κ3) is 3.28. The maximum Gasteiger partial charge on any atom is 0.303 e. The second-order valence-corrected chi connectivity index (χ2v) is 6.68. The normalized spacial score (nSPS) is 11.9. The Morgan fingerprint density at radius 1 is 1.27 bits per heavy atom. The first kappa shape index (κ1) is 21.0. The van der Waals surface area contributed by atoms with Gasteiger partial charge in [0.05, 0.1) is 16.8 Å². The molecule has 0 radical (unpaired) electrons. The van der Waals surface area contributed by atoms with Gasteiger partial charge in [-0.15, -0.1) is 4.79 Å². The smallest absolute Gasteiger partial charge is 0.303 e. The number of carbonyl (C=O) groups excluding carboxylic acids is 1. The molecule has 1 N–H and O–H groups in total. The molecule has 2 aromatic heterocycles. The minimum absolute atomic E-state index is 0.0627. The molecule has 3 rings (SSSR count). The van der Waals surface area contributed by atoms with Crippen LogP contribution in [-0.4, -0.2) is 15.7 Å². The van der Waals surface area contributed by atoms with Crippen molar-refractivity contribution in [2.24, 2.45) is 0 Å². The van der Waals surface area contributed by atoms with Gasteiger partial charge in [0.1, 0.15) is 17.6 Å². The van der Waals surface area contributed by atoms with Gasteiger partial charge < -0.3 is 5.32 Å². The number of amides is 1. The molecule has 6 nitrogen and oxygen atoms in total. The average molecular weight is 418 g/mol. The molecule has 0 bridgehead atoms. The summed E-state index contributed by atoms with van der Waals surface area (Å²) in [5, 5.41) is 10.4. The van der Waals surface area contributed by atoms with Crippen molar-refractivity contribution < 1.29 is 22.4 Å². The Hall–Kier alpha value is -3.74. The number of nitrogens with one attached hydrogen (secondary N) is 1. The van der Waals surface area contributed by atoms with Crippen LogP contribution in [0.2, 0.25) is 0 Å². The van der Waals surface area contributed by atoms with Crippen LogP contribution in [0.15, 0.2) is 23.1 Å². The van der Waals surface area contributed by atoms with E-state index in [2.05, 4.69) is 10.3 Å². The second-order valence-electron chi connectivity index (χ2n) is 6.68. The Morgan fingerprint density at radius 3 is 2.50 bits per heavy atom. The third-order valence-corrected chi connectivity index (χ3v) is 4.74. The number of pyridine rings is 2. The van der Waals surface area contributed by atoms with Crippen molar-refractivity contribution in [3.63, 3.8) is 0 Å². The van der Waals surface area contributed by atoms with Crippen molar-refractivity contribution in [1.82, 2.24) is 9.77 Å². The summed E-state index contributed by atoms with van der Waals surface area (Å²) in [7, 11) is 0. The molecule has 0 saturated carbocycles. The Bertz CT molecular complexity index is 1310. The van der Waals surface area contributed by atoms with E-state index in [1.165, 1.54) is 13.8 Å². The molecular formula is C20H14F4N4O2. The van der Waals surface area contributed by atoms with Gasteiger partial charge >= 0.3 is 5.56 Å². The number of aromatic nitrogens is 2. The number of nitriles is 1. The number of fused-ring (bicyclic) bond motifs is 1. The van der Waals surface area contributed by atoms with Gasteiger partial charge in [0.2, 0.25) is 5.91 Å². The molecule has 0 aliphatic heterocycles. The molecule has 0 fully saturated rings. The molecular weight excluding hydrogens is 404 g/mol. The fraction of sp³-hybridized carbons (Fsp3) is 0.200. The van der Waals surface area contributed by atoms with Crippen LogP contribution in [0.5, 0.6) is 0 Å². The molecule has 1 atom stereocenters. The monoisotopic (exact) mass is 418 g/mol. The zero-order valence-corrected chi connectivity index (χ0v) is 16.0. The van der Waals surface area contributed by atoms with Crippen molar-refractivity contribution in [2.45, 2.75) is 26.7 Å². The van der Waals surface area contributed by atoms with Crippen molar-refractivity contribution in [3.8, 4) is 6.07 Å². The lowest BCUT2D eigenvalue weighted by molar-refractivity contribution is -0.114. The molecule has 0 spiro atoms. The van der Waals surface area contributed by atoms with Crippen molar-refractivity contribution >= 4 is 22.5 Å². The van der Waals surface area contributed by atoms with E-state index in [1.807, 2.05) is 0 Å². The third-order valence-electron chi connectivity index (χ3n) is 4.74. The van der Waals surface area contributed by atoms with E-state index in [0.717, 1.165) is 25.3 Å². The van der Waals surface area contributed by atoms with Gasteiger partial charge in [0.15, 0.2) is 11.6 Å². The van der Waals surface area contributed by atoms with Gasteiger partial charge in [-0.2, -0.15) is 5.26 Å². The summed E-state index contributed by atoms with van der Waals surface area (Å²) in [6.45, 7) is 3.63. The molecule has 1 aromatic carbocycles. The Balaban J connectivity index is 2.30. The Morgan fingerprint density at radius 2 is 1.93 bits per heavy atom. The molecule has 0 saturated heterocycles. The predicted molar refractivity (Wildman–Crippen MR) is 100 cm³/mol. The van der Waals surface area contributed by atoms with Crippen LogP contribution in [0, 0.1) is 35.7 Å². The summed E-state index contributed by atoms with van der Waals surface area (Å²) in [5.74, 6) is -5.61. The molecule has 10 heteroatoms. The quantitative estimate of drug-likeness (QED) is 0.655. The fourth-order valence-corrected chi connectivity index (χ4v) is 3.25. The van der Waals surface area contributed by atoms with Gasteiger partial charge in [-0.25, -0.2) is 13.2 Å². The summed E-state index contributed by atoms with van der Waals surface area (Å²) in [6, 6.07) is 3.49. The summed E-state index contributed by atoms with van der Waals surface area (Å²) in [5.41, 5.74) is -3.30. The van der Waals surface area contributed by atoms with Gasteiger partial charge in [-0.1, -0.05) is 11.4 Å². The fourth-order valence-electron chi connectivity index (χ4n) is 3.25. The highest BCUT2D eigenvalue weighted by atomic mass is 19.2. The molecule has 0 aliphatic carbocycles. The van der Waals surface area contributed by atoms with Gasteiger partial charge in [-0.05, 0) is 24.6 Å². The van der Waals surface area contributed by atoms with E-state index >= 15 is 0 Å². The van der Waals surface area contributed by atoms with E-state index < -0.39 is 61.8 Å². The van der Waals surface area contributed by atoms with Crippen molar-refractivity contribution in [2.75, 3.05) is 5.32 Å². The number of hydrogen-bond acceptors (Lipinski definition) is 4. The van der Waals surface area contributed by atoms with Crippen molar-refractivity contribution in [1.29, 1.82) is 5.26 Å². The van der Waals surface area contributed by atoms with Crippen LogP contribution in [0.4, 0.5) is 23.3 Å². The largest absolute Gasteiger partial charge is 0.321 e. The summed E-state index contributed by atoms with van der Waals surface area (Å²) < 4.78 is 58.8. The van der Waals surface area contributed by atoms with E-state index in [4.69, 9.17) is 5.26 Å². The maximum atomic E-state index is 14.9. The molecule has 1 amide bonds. The zero-order valence-electron chi connectivity index (χ0n) is 16.0. The number of rotatable bonds is 3. The van der Waals surface area contributed by atoms with Crippen LogP contribution in [-0.2, 0) is 4.79 Å². The lowest BCUT2D eigenvalue weighted by Crippen LogP contribution is -2.24. The topological polar surface area (TPSA) is 87.8 Å². The molecule has 154 valence electrons. The van der Waals surface area contributed by atoms with Gasteiger partial charge in [0.25, 0.3) is 0 Å². The second kappa shape index (κ2) is 7.59. The van der Waals surface area contributed by atoms with Gasteiger partial charge in [-0.3, -0.25) is 14.6 Å². The minimum Gasteiger partial charge on any atom is -0.321 e. The molecule has 3 aromatic rings. The van der Waals surface area contributed by atoms with Gasteiger partial charge in [0, 0.05) is 30.0 Å².